The number of esters is 1. The molecule has 0 unspecified atom stereocenters. The van der Waals surface area contributed by atoms with Crippen LogP contribution in [0.4, 0.5) is 0 Å². The maximum absolute atomic E-state index is 11.9. The molecule has 2 fully saturated rings. The Bertz CT molecular complexity index is 382. The molecule has 0 aromatic rings. The summed E-state index contributed by atoms with van der Waals surface area (Å²) in [5.41, 5.74) is 0. The van der Waals surface area contributed by atoms with E-state index in [1.54, 1.807) is 27.7 Å². The van der Waals surface area contributed by atoms with Gasteiger partial charge in [-0.1, -0.05) is 13.8 Å². The third-order valence-electron chi connectivity index (χ3n) is 3.59. The Morgan fingerprint density at radius 3 is 2.62 bits per heavy atom. The molecule has 7 heteroatoms. The van der Waals surface area contributed by atoms with E-state index in [0.29, 0.717) is 0 Å². The zero-order chi connectivity index (χ0) is 15.8. The number of carbonyl (C=O) groups excluding carboxylic acids is 1. The first-order valence-corrected chi connectivity index (χ1v) is 7.14. The van der Waals surface area contributed by atoms with E-state index in [2.05, 4.69) is 0 Å². The van der Waals surface area contributed by atoms with Crippen LogP contribution in [-0.2, 0) is 28.5 Å². The number of rotatable bonds is 3. The Kier molecular flexibility index (Phi) is 4.89. The number of hydrogen-bond acceptors (Lipinski definition) is 7. The van der Waals surface area contributed by atoms with Gasteiger partial charge in [0.05, 0.1) is 12.5 Å². The summed E-state index contributed by atoms with van der Waals surface area (Å²) in [4.78, 5) is 11.9. The molecule has 2 rings (SSSR count). The molecule has 5 atom stereocenters. The fourth-order valence-corrected chi connectivity index (χ4v) is 2.41. The van der Waals surface area contributed by atoms with Gasteiger partial charge < -0.3 is 28.8 Å². The van der Waals surface area contributed by atoms with Crippen molar-refractivity contribution in [1.82, 2.24) is 0 Å². The lowest BCUT2D eigenvalue weighted by Gasteiger charge is -2.49. The number of fused-ring (bicyclic) bond motifs is 1. The molecule has 7 nitrogen and oxygen atoms in total. The van der Waals surface area contributed by atoms with E-state index < -0.39 is 42.5 Å². The molecule has 122 valence electrons. The quantitative estimate of drug-likeness (QED) is 0.757. The van der Waals surface area contributed by atoms with Crippen molar-refractivity contribution in [2.24, 2.45) is 5.92 Å². The van der Waals surface area contributed by atoms with Crippen LogP contribution in [0.15, 0.2) is 0 Å². The number of hydrogen-bond donors (Lipinski definition) is 1. The summed E-state index contributed by atoms with van der Waals surface area (Å²) in [7, 11) is 1.42. The average Bonchev–Trinajstić information content (AvgIpc) is 2.41. The molecular weight excluding hydrogens is 280 g/mol. The normalized spacial score (nSPS) is 38.9. The smallest absolute Gasteiger partial charge is 0.308 e. The lowest BCUT2D eigenvalue weighted by molar-refractivity contribution is -0.380. The summed E-state index contributed by atoms with van der Waals surface area (Å²) in [5.74, 6) is -1.53. The van der Waals surface area contributed by atoms with Crippen molar-refractivity contribution in [3.05, 3.63) is 0 Å². The topological polar surface area (TPSA) is 83.5 Å². The molecule has 21 heavy (non-hydrogen) atoms. The van der Waals surface area contributed by atoms with Gasteiger partial charge in [-0.15, -0.1) is 0 Å². The Labute approximate surface area is 124 Å². The van der Waals surface area contributed by atoms with E-state index in [1.807, 2.05) is 0 Å². The van der Waals surface area contributed by atoms with E-state index in [0.717, 1.165) is 0 Å². The molecule has 0 amide bonds. The predicted molar refractivity (Wildman–Crippen MR) is 71.3 cm³/mol. The van der Waals surface area contributed by atoms with E-state index in [1.165, 1.54) is 7.11 Å². The monoisotopic (exact) mass is 304 g/mol. The first kappa shape index (κ1) is 16.6. The van der Waals surface area contributed by atoms with Crippen LogP contribution in [0, 0.1) is 5.92 Å². The molecule has 2 heterocycles. The van der Waals surface area contributed by atoms with Crippen LogP contribution in [0.5, 0.6) is 0 Å². The SMILES string of the molecule is CO[C@H]1O[C@@H]2COC(C)(C)O[C@H]2[C@H](OC(=O)C(C)C)[C@H]1O. The molecule has 2 aliphatic rings. The molecule has 1 N–H and O–H groups in total. The maximum Gasteiger partial charge on any atom is 0.308 e. The first-order valence-electron chi connectivity index (χ1n) is 7.14. The van der Waals surface area contributed by atoms with Crippen LogP contribution < -0.4 is 0 Å². The van der Waals surface area contributed by atoms with Crippen molar-refractivity contribution in [2.75, 3.05) is 13.7 Å². The van der Waals surface area contributed by atoms with E-state index in [-0.39, 0.29) is 12.5 Å². The summed E-state index contributed by atoms with van der Waals surface area (Å²) in [6, 6.07) is 0. The predicted octanol–water partition coefficient (Wildman–Crippen LogP) is 0.438. The van der Waals surface area contributed by atoms with Crippen molar-refractivity contribution in [2.45, 2.75) is 64.2 Å². The van der Waals surface area contributed by atoms with Crippen molar-refractivity contribution in [3.63, 3.8) is 0 Å². The van der Waals surface area contributed by atoms with Gasteiger partial charge in [0.25, 0.3) is 0 Å². The fraction of sp³-hybridized carbons (Fsp3) is 0.929. The van der Waals surface area contributed by atoms with Gasteiger partial charge in [-0.3, -0.25) is 4.79 Å². The van der Waals surface area contributed by atoms with Crippen LogP contribution in [0.2, 0.25) is 0 Å². The second-order valence-electron chi connectivity index (χ2n) is 6.12. The molecule has 2 saturated heterocycles. The number of aliphatic hydroxyl groups is 1. The molecular formula is C14H24O7. The first-order chi connectivity index (χ1) is 9.75. The van der Waals surface area contributed by atoms with Crippen molar-refractivity contribution in [1.29, 1.82) is 0 Å². The number of ether oxygens (including phenoxy) is 5. The van der Waals surface area contributed by atoms with Gasteiger partial charge in [0.2, 0.25) is 0 Å². The standard InChI is InChI=1S/C14H24O7/c1-7(2)12(16)20-11-9(15)13(17-5)19-8-6-18-14(3,4)21-10(8)11/h7-11,13,15H,6H2,1-5H3/t8-,9-,10-,11-,13+/m1/s1. The molecule has 0 aromatic heterocycles. The highest BCUT2D eigenvalue weighted by atomic mass is 16.8. The summed E-state index contributed by atoms with van der Waals surface area (Å²) in [6.45, 7) is 7.26. The number of carbonyl (C=O) groups is 1. The van der Waals surface area contributed by atoms with Gasteiger partial charge in [0, 0.05) is 7.11 Å². The zero-order valence-corrected chi connectivity index (χ0v) is 13.1. The summed E-state index contributed by atoms with van der Waals surface area (Å²) < 4.78 is 27.5. The minimum Gasteiger partial charge on any atom is -0.456 e. The Balaban J connectivity index is 2.19. The third kappa shape index (κ3) is 3.54. The third-order valence-corrected chi connectivity index (χ3v) is 3.59. The highest BCUT2D eigenvalue weighted by Gasteiger charge is 2.53. The average molecular weight is 304 g/mol. The van der Waals surface area contributed by atoms with Gasteiger partial charge >= 0.3 is 5.97 Å². The Morgan fingerprint density at radius 2 is 2.05 bits per heavy atom. The van der Waals surface area contributed by atoms with Crippen LogP contribution in [0.3, 0.4) is 0 Å². The Hall–Kier alpha value is -0.730. The molecule has 0 radical (unpaired) electrons. The minimum atomic E-state index is -1.12. The van der Waals surface area contributed by atoms with Crippen LogP contribution >= 0.6 is 0 Å². The lowest BCUT2D eigenvalue weighted by Crippen LogP contribution is -2.65. The van der Waals surface area contributed by atoms with Crippen molar-refractivity contribution < 1.29 is 33.6 Å². The molecule has 0 bridgehead atoms. The second kappa shape index (κ2) is 6.18. The van der Waals surface area contributed by atoms with Gasteiger partial charge in [-0.25, -0.2) is 0 Å². The van der Waals surface area contributed by atoms with Gasteiger partial charge in [0.15, 0.2) is 18.2 Å². The highest BCUT2D eigenvalue weighted by molar-refractivity contribution is 5.71. The second-order valence-corrected chi connectivity index (χ2v) is 6.12. The summed E-state index contributed by atoms with van der Waals surface area (Å²) in [6.07, 6.45) is -3.92. The highest BCUT2D eigenvalue weighted by Crippen LogP contribution is 2.34. The Morgan fingerprint density at radius 1 is 1.38 bits per heavy atom. The van der Waals surface area contributed by atoms with Crippen molar-refractivity contribution in [3.8, 4) is 0 Å². The number of aliphatic hydroxyl groups excluding tert-OH is 1. The summed E-state index contributed by atoms with van der Waals surface area (Å²) >= 11 is 0. The number of methoxy groups -OCH3 is 1. The van der Waals surface area contributed by atoms with Gasteiger partial charge in [0.1, 0.15) is 18.3 Å². The minimum absolute atomic E-state index is 0.278. The van der Waals surface area contributed by atoms with E-state index >= 15 is 0 Å². The van der Waals surface area contributed by atoms with Crippen LogP contribution in [0.25, 0.3) is 0 Å². The van der Waals surface area contributed by atoms with Crippen LogP contribution in [-0.4, -0.2) is 61.3 Å². The summed E-state index contributed by atoms with van der Waals surface area (Å²) in [5, 5.41) is 10.3. The van der Waals surface area contributed by atoms with E-state index in [4.69, 9.17) is 23.7 Å². The zero-order valence-electron chi connectivity index (χ0n) is 13.1. The van der Waals surface area contributed by atoms with Crippen molar-refractivity contribution >= 4 is 5.97 Å². The van der Waals surface area contributed by atoms with Gasteiger partial charge in [-0.05, 0) is 13.8 Å². The fourth-order valence-electron chi connectivity index (χ4n) is 2.41. The molecule has 2 aliphatic heterocycles. The molecule has 0 aromatic carbocycles. The maximum atomic E-state index is 11.9. The van der Waals surface area contributed by atoms with Gasteiger partial charge in [-0.2, -0.15) is 0 Å². The molecule has 0 saturated carbocycles. The van der Waals surface area contributed by atoms with E-state index in [9.17, 15) is 9.90 Å². The van der Waals surface area contributed by atoms with Crippen LogP contribution in [0.1, 0.15) is 27.7 Å². The molecule has 0 aliphatic carbocycles. The molecule has 0 spiro atoms. The largest absolute Gasteiger partial charge is 0.456 e. The lowest BCUT2D eigenvalue weighted by atomic mass is 9.97.